The normalized spacial score (nSPS) is 10.9. The van der Waals surface area contributed by atoms with Crippen LogP contribution in [-0.4, -0.2) is 6.54 Å². The van der Waals surface area contributed by atoms with E-state index in [1.54, 1.807) is 0 Å². The van der Waals surface area contributed by atoms with Crippen LogP contribution >= 0.6 is 0 Å². The quantitative estimate of drug-likeness (QED) is 0.598. The van der Waals surface area contributed by atoms with E-state index in [1.165, 1.54) is 11.1 Å². The van der Waals surface area contributed by atoms with Crippen molar-refractivity contribution in [3.8, 4) is 0 Å². The number of hydrogen-bond donors (Lipinski definition) is 1. The number of nitrogens with one attached hydrogen (secondary N) is 1. The smallest absolute Gasteiger partial charge is 0.0208 e. The molecule has 0 spiro atoms. The van der Waals surface area contributed by atoms with Gasteiger partial charge in [0.1, 0.15) is 0 Å². The summed E-state index contributed by atoms with van der Waals surface area (Å²) in [5, 5.41) is 3.40. The second kappa shape index (κ2) is 7.46. The summed E-state index contributed by atoms with van der Waals surface area (Å²) in [7, 11) is 0. The summed E-state index contributed by atoms with van der Waals surface area (Å²) in [6, 6.07) is 21.0. The van der Waals surface area contributed by atoms with Crippen LogP contribution in [-0.2, 0) is 13.0 Å². The van der Waals surface area contributed by atoms with Gasteiger partial charge >= 0.3 is 0 Å². The molecule has 2 aromatic rings. The molecule has 1 N–H and O–H groups in total. The first-order valence-corrected chi connectivity index (χ1v) is 6.39. The molecule has 0 aliphatic heterocycles. The average molecular weight is 237 g/mol. The van der Waals surface area contributed by atoms with Crippen molar-refractivity contribution in [2.75, 3.05) is 6.54 Å². The molecule has 0 unspecified atom stereocenters. The molecule has 0 radical (unpaired) electrons. The highest BCUT2D eigenvalue weighted by molar-refractivity contribution is 5.17. The summed E-state index contributed by atoms with van der Waals surface area (Å²) >= 11 is 0. The maximum atomic E-state index is 3.40. The van der Waals surface area contributed by atoms with E-state index in [1.807, 2.05) is 6.07 Å². The van der Waals surface area contributed by atoms with Crippen LogP contribution in [0.3, 0.4) is 0 Å². The zero-order valence-electron chi connectivity index (χ0n) is 10.5. The fraction of sp³-hybridized carbons (Fsp3) is 0.176. The van der Waals surface area contributed by atoms with Gasteiger partial charge in [0.25, 0.3) is 0 Å². The number of rotatable bonds is 6. The Bertz CT molecular complexity index is 459. The number of allylic oxidation sites excluding steroid dienone is 1. The zero-order valence-corrected chi connectivity index (χ0v) is 10.5. The highest BCUT2D eigenvalue weighted by atomic mass is 14.8. The van der Waals surface area contributed by atoms with Crippen LogP contribution in [0.25, 0.3) is 0 Å². The van der Waals surface area contributed by atoms with Gasteiger partial charge in [0.2, 0.25) is 0 Å². The van der Waals surface area contributed by atoms with Crippen molar-refractivity contribution in [3.63, 3.8) is 0 Å². The SMILES string of the molecule is C(=CCc1ccccc1)CNCc1ccccc1. The summed E-state index contributed by atoms with van der Waals surface area (Å²) in [6.07, 6.45) is 5.41. The maximum absolute atomic E-state index is 3.40. The summed E-state index contributed by atoms with van der Waals surface area (Å²) in [4.78, 5) is 0. The van der Waals surface area contributed by atoms with Gasteiger partial charge in [-0.2, -0.15) is 0 Å². The third-order valence-corrected chi connectivity index (χ3v) is 2.80. The van der Waals surface area contributed by atoms with Crippen LogP contribution in [0.5, 0.6) is 0 Å². The Morgan fingerprint density at radius 3 is 2.00 bits per heavy atom. The van der Waals surface area contributed by atoms with Crippen LogP contribution in [0.4, 0.5) is 0 Å². The molecule has 0 saturated heterocycles. The molecule has 2 rings (SSSR count). The highest BCUT2D eigenvalue weighted by Gasteiger charge is 1.88. The largest absolute Gasteiger partial charge is 0.309 e. The van der Waals surface area contributed by atoms with Gasteiger partial charge in [-0.1, -0.05) is 72.8 Å². The van der Waals surface area contributed by atoms with Gasteiger partial charge < -0.3 is 5.32 Å². The first-order valence-electron chi connectivity index (χ1n) is 6.39. The molecule has 0 aromatic heterocycles. The Kier molecular flexibility index (Phi) is 5.22. The van der Waals surface area contributed by atoms with Crippen LogP contribution < -0.4 is 5.32 Å². The van der Waals surface area contributed by atoms with E-state index >= 15 is 0 Å². The molecule has 2 aromatic carbocycles. The van der Waals surface area contributed by atoms with Crippen LogP contribution in [0.2, 0.25) is 0 Å². The predicted octanol–water partition coefficient (Wildman–Crippen LogP) is 3.58. The van der Waals surface area contributed by atoms with Crippen molar-refractivity contribution in [1.29, 1.82) is 0 Å². The number of hydrogen-bond acceptors (Lipinski definition) is 1. The summed E-state index contributed by atoms with van der Waals surface area (Å²) in [5.74, 6) is 0. The first kappa shape index (κ1) is 12.6. The predicted molar refractivity (Wildman–Crippen MR) is 77.4 cm³/mol. The standard InChI is InChI=1S/C17H19N/c1-3-9-16(10-4-1)11-7-8-14-18-15-17-12-5-2-6-13-17/h1-10,12-13,18H,11,14-15H2. The van der Waals surface area contributed by atoms with Crippen molar-refractivity contribution in [1.82, 2.24) is 5.32 Å². The summed E-state index contributed by atoms with van der Waals surface area (Å²) < 4.78 is 0. The highest BCUT2D eigenvalue weighted by Crippen LogP contribution is 2.00. The first-order chi connectivity index (χ1) is 8.95. The molecular formula is C17H19N. The van der Waals surface area contributed by atoms with Gasteiger partial charge in [-0.3, -0.25) is 0 Å². The van der Waals surface area contributed by atoms with Crippen molar-refractivity contribution < 1.29 is 0 Å². The third-order valence-electron chi connectivity index (χ3n) is 2.80. The van der Waals surface area contributed by atoms with Crippen molar-refractivity contribution in [2.24, 2.45) is 0 Å². The Morgan fingerprint density at radius 1 is 0.722 bits per heavy atom. The fourth-order valence-corrected chi connectivity index (χ4v) is 1.81. The van der Waals surface area contributed by atoms with Gasteiger partial charge in [-0.25, -0.2) is 0 Å². The van der Waals surface area contributed by atoms with Gasteiger partial charge in [0.05, 0.1) is 0 Å². The molecule has 0 saturated carbocycles. The molecular weight excluding hydrogens is 218 g/mol. The van der Waals surface area contributed by atoms with E-state index in [-0.39, 0.29) is 0 Å². The molecule has 0 atom stereocenters. The second-order valence-electron chi connectivity index (χ2n) is 4.28. The lowest BCUT2D eigenvalue weighted by atomic mass is 10.1. The van der Waals surface area contributed by atoms with Crippen LogP contribution in [0.15, 0.2) is 72.8 Å². The zero-order chi connectivity index (χ0) is 12.5. The summed E-state index contributed by atoms with van der Waals surface area (Å²) in [6.45, 7) is 1.85. The minimum atomic E-state index is 0.918. The van der Waals surface area contributed by atoms with E-state index in [9.17, 15) is 0 Å². The van der Waals surface area contributed by atoms with Crippen molar-refractivity contribution >= 4 is 0 Å². The maximum Gasteiger partial charge on any atom is 0.0208 e. The molecule has 18 heavy (non-hydrogen) atoms. The molecule has 92 valence electrons. The van der Waals surface area contributed by atoms with Crippen LogP contribution in [0, 0.1) is 0 Å². The average Bonchev–Trinajstić information content (AvgIpc) is 2.45. The Labute approximate surface area is 109 Å². The molecule has 0 bridgehead atoms. The van der Waals surface area contributed by atoms with E-state index in [0.717, 1.165) is 19.5 Å². The van der Waals surface area contributed by atoms with Crippen molar-refractivity contribution in [2.45, 2.75) is 13.0 Å². The Balaban J connectivity index is 1.64. The third kappa shape index (κ3) is 4.56. The molecule has 1 nitrogen and oxygen atoms in total. The minimum Gasteiger partial charge on any atom is -0.309 e. The van der Waals surface area contributed by atoms with E-state index < -0.39 is 0 Å². The van der Waals surface area contributed by atoms with Crippen molar-refractivity contribution in [3.05, 3.63) is 83.9 Å². The molecule has 0 aliphatic rings. The lowest BCUT2D eigenvalue weighted by molar-refractivity contribution is 0.758. The lowest BCUT2D eigenvalue weighted by Gasteiger charge is -2.01. The van der Waals surface area contributed by atoms with E-state index in [2.05, 4.69) is 72.1 Å². The van der Waals surface area contributed by atoms with E-state index in [0.29, 0.717) is 0 Å². The monoisotopic (exact) mass is 237 g/mol. The number of benzene rings is 2. The minimum absolute atomic E-state index is 0.918. The fourth-order valence-electron chi connectivity index (χ4n) is 1.81. The summed E-state index contributed by atoms with van der Waals surface area (Å²) in [5.41, 5.74) is 2.69. The van der Waals surface area contributed by atoms with Gasteiger partial charge in [-0.05, 0) is 17.5 Å². The molecule has 0 amide bonds. The molecule has 0 fully saturated rings. The van der Waals surface area contributed by atoms with Gasteiger partial charge in [0, 0.05) is 13.1 Å². The molecule has 1 heteroatoms. The van der Waals surface area contributed by atoms with E-state index in [4.69, 9.17) is 0 Å². The molecule has 0 heterocycles. The molecule has 0 aliphatic carbocycles. The Hall–Kier alpha value is -1.86. The second-order valence-corrected chi connectivity index (χ2v) is 4.28. The topological polar surface area (TPSA) is 12.0 Å². The Morgan fingerprint density at radius 2 is 1.33 bits per heavy atom. The van der Waals surface area contributed by atoms with Gasteiger partial charge in [0.15, 0.2) is 0 Å². The lowest BCUT2D eigenvalue weighted by Crippen LogP contribution is -2.12. The van der Waals surface area contributed by atoms with Crippen LogP contribution in [0.1, 0.15) is 11.1 Å². The van der Waals surface area contributed by atoms with Gasteiger partial charge in [-0.15, -0.1) is 0 Å².